The first-order valence-electron chi connectivity index (χ1n) is 14.2. The predicted molar refractivity (Wildman–Crippen MR) is 153 cm³/mol. The largest absolute Gasteiger partial charge is 0.357 e. The molecule has 204 valence electrons. The maximum atomic E-state index is 12.8. The van der Waals surface area contributed by atoms with Gasteiger partial charge in [-0.1, -0.05) is 72.4 Å². The Kier molecular flexibility index (Phi) is 12.6. The van der Waals surface area contributed by atoms with Gasteiger partial charge in [0.1, 0.15) is 6.04 Å². The highest BCUT2D eigenvalue weighted by atomic mass is 16.7. The van der Waals surface area contributed by atoms with Gasteiger partial charge in [0.2, 0.25) is 5.91 Å². The summed E-state index contributed by atoms with van der Waals surface area (Å²) in [6.45, 7) is 14.6. The van der Waals surface area contributed by atoms with Crippen molar-refractivity contribution in [2.45, 2.75) is 98.8 Å². The monoisotopic (exact) mass is 501 g/mol. The zero-order chi connectivity index (χ0) is 26.7. The van der Waals surface area contributed by atoms with Crippen LogP contribution in [0.1, 0.15) is 92.1 Å². The molecular formula is C29H51N5O2. The van der Waals surface area contributed by atoms with Crippen molar-refractivity contribution in [1.29, 1.82) is 0 Å². The smallest absolute Gasteiger partial charge is 0.245 e. The molecule has 0 radical (unpaired) electrons. The fourth-order valence-electron chi connectivity index (χ4n) is 5.14. The minimum absolute atomic E-state index is 0.00706. The zero-order valence-electron chi connectivity index (χ0n) is 24.1. The van der Waals surface area contributed by atoms with E-state index in [1.165, 1.54) is 36.8 Å². The number of benzene rings is 1. The number of para-hydroxylation sites is 1. The minimum Gasteiger partial charge on any atom is -0.357 e. The van der Waals surface area contributed by atoms with Crippen LogP contribution in [0, 0.1) is 5.92 Å². The van der Waals surface area contributed by atoms with Crippen LogP contribution in [-0.4, -0.2) is 50.4 Å². The van der Waals surface area contributed by atoms with Crippen molar-refractivity contribution in [1.82, 2.24) is 15.8 Å². The molecule has 0 bridgehead atoms. The third kappa shape index (κ3) is 7.16. The van der Waals surface area contributed by atoms with Crippen LogP contribution in [-0.2, 0) is 9.63 Å². The van der Waals surface area contributed by atoms with Crippen molar-refractivity contribution < 1.29 is 9.63 Å². The van der Waals surface area contributed by atoms with Crippen LogP contribution in [0.25, 0.3) is 5.57 Å². The Bertz CT molecular complexity index is 837. The summed E-state index contributed by atoms with van der Waals surface area (Å²) in [7, 11) is 3.77. The highest BCUT2D eigenvalue weighted by molar-refractivity contribution is 5.91. The molecule has 1 aromatic rings. The number of nitrogens with one attached hydrogen (secondary N) is 2. The van der Waals surface area contributed by atoms with Gasteiger partial charge in [-0.15, -0.1) is 0 Å². The Hall–Kier alpha value is -2.25. The second-order valence-corrected chi connectivity index (χ2v) is 9.67. The highest BCUT2D eigenvalue weighted by Crippen LogP contribution is 2.42. The number of hydrazine groups is 1. The molecule has 7 nitrogen and oxygen atoms in total. The van der Waals surface area contributed by atoms with E-state index in [2.05, 4.69) is 72.9 Å². The number of carbonyl (C=O) groups excluding carboxylic acids is 1. The molecule has 0 saturated carbocycles. The Balaban J connectivity index is 0.00000222. The maximum absolute atomic E-state index is 12.8. The molecule has 0 fully saturated rings. The molecule has 0 spiro atoms. The number of carbonyl (C=O) groups is 1. The SMILES string of the molecule is CC.CCCCC(C(=O)NC)N1OC(C)N(C)c2c(C3=CN(CC(CCC)CCC)NC3)cccc21. The van der Waals surface area contributed by atoms with E-state index >= 15 is 0 Å². The van der Waals surface area contributed by atoms with Crippen LogP contribution in [0.5, 0.6) is 0 Å². The Morgan fingerprint density at radius 2 is 1.83 bits per heavy atom. The van der Waals surface area contributed by atoms with Crippen molar-refractivity contribution in [2.24, 2.45) is 5.92 Å². The third-order valence-electron chi connectivity index (χ3n) is 7.06. The second-order valence-electron chi connectivity index (χ2n) is 9.67. The number of hydrogen-bond donors (Lipinski definition) is 2. The Morgan fingerprint density at radius 3 is 2.44 bits per heavy atom. The molecule has 0 aliphatic carbocycles. The lowest BCUT2D eigenvalue weighted by atomic mass is 9.98. The number of anilines is 2. The van der Waals surface area contributed by atoms with Crippen LogP contribution >= 0.6 is 0 Å². The van der Waals surface area contributed by atoms with Crippen molar-refractivity contribution in [3.05, 3.63) is 30.0 Å². The molecule has 2 atom stereocenters. The van der Waals surface area contributed by atoms with E-state index in [1.807, 2.05) is 25.8 Å². The van der Waals surface area contributed by atoms with Gasteiger partial charge in [-0.05, 0) is 43.7 Å². The number of hydrogen-bond acceptors (Lipinski definition) is 6. The van der Waals surface area contributed by atoms with Crippen LogP contribution < -0.4 is 20.7 Å². The van der Waals surface area contributed by atoms with Gasteiger partial charge in [-0.2, -0.15) is 0 Å². The summed E-state index contributed by atoms with van der Waals surface area (Å²) < 4.78 is 0. The summed E-state index contributed by atoms with van der Waals surface area (Å²) in [5.41, 5.74) is 8.14. The van der Waals surface area contributed by atoms with Gasteiger partial charge in [-0.3, -0.25) is 4.79 Å². The average molecular weight is 502 g/mol. The van der Waals surface area contributed by atoms with Crippen LogP contribution in [0.15, 0.2) is 24.4 Å². The van der Waals surface area contributed by atoms with Crippen molar-refractivity contribution in [3.8, 4) is 0 Å². The lowest BCUT2D eigenvalue weighted by Crippen LogP contribution is -2.53. The van der Waals surface area contributed by atoms with Crippen LogP contribution in [0.4, 0.5) is 11.4 Å². The van der Waals surface area contributed by atoms with Crippen molar-refractivity contribution >= 4 is 22.9 Å². The number of nitrogens with zero attached hydrogens (tertiary/aromatic N) is 3. The summed E-state index contributed by atoms with van der Waals surface area (Å²) in [6.07, 6.45) is 9.85. The fourth-order valence-corrected chi connectivity index (χ4v) is 5.14. The fraction of sp³-hybridized carbons (Fsp3) is 0.690. The lowest BCUT2D eigenvalue weighted by molar-refractivity contribution is -0.125. The quantitative estimate of drug-likeness (QED) is 0.370. The van der Waals surface area contributed by atoms with Crippen LogP contribution in [0.2, 0.25) is 0 Å². The molecule has 36 heavy (non-hydrogen) atoms. The molecule has 1 amide bonds. The minimum atomic E-state index is -0.355. The third-order valence-corrected chi connectivity index (χ3v) is 7.06. The number of unbranched alkanes of at least 4 members (excludes halogenated alkanes) is 1. The molecule has 2 N–H and O–H groups in total. The molecule has 7 heteroatoms. The number of fused-ring (bicyclic) bond motifs is 1. The summed E-state index contributed by atoms with van der Waals surface area (Å²) >= 11 is 0. The van der Waals surface area contributed by atoms with Crippen molar-refractivity contribution in [3.63, 3.8) is 0 Å². The van der Waals surface area contributed by atoms with E-state index < -0.39 is 0 Å². The van der Waals surface area contributed by atoms with Crippen molar-refractivity contribution in [2.75, 3.05) is 37.1 Å². The van der Waals surface area contributed by atoms with Gasteiger partial charge in [-0.25, -0.2) is 15.3 Å². The first-order valence-corrected chi connectivity index (χ1v) is 14.2. The second kappa shape index (κ2) is 15.1. The number of likely N-dealkylation sites (N-methyl/N-ethyl adjacent to an activating group) is 1. The van der Waals surface area contributed by atoms with Gasteiger partial charge in [0.15, 0.2) is 6.23 Å². The highest BCUT2D eigenvalue weighted by Gasteiger charge is 2.36. The summed E-state index contributed by atoms with van der Waals surface area (Å²) in [6, 6.07) is 5.99. The Labute approximate surface area is 220 Å². The van der Waals surface area contributed by atoms with Crippen LogP contribution in [0.3, 0.4) is 0 Å². The van der Waals surface area contributed by atoms with E-state index in [0.717, 1.165) is 43.7 Å². The molecule has 2 aliphatic heterocycles. The molecular weight excluding hydrogens is 450 g/mol. The first-order chi connectivity index (χ1) is 17.4. The molecule has 3 rings (SSSR count). The van der Waals surface area contributed by atoms with Gasteiger partial charge >= 0.3 is 0 Å². The molecule has 2 aliphatic rings. The van der Waals surface area contributed by atoms with E-state index in [9.17, 15) is 4.79 Å². The number of amides is 1. The molecule has 1 aromatic carbocycles. The topological polar surface area (TPSA) is 60.1 Å². The molecule has 0 aromatic heterocycles. The van der Waals surface area contributed by atoms with E-state index in [0.29, 0.717) is 5.92 Å². The summed E-state index contributed by atoms with van der Waals surface area (Å²) in [5, 5.41) is 6.98. The standard InChI is InChI=1S/C27H45N5O2.C2H6/c1-7-10-15-25(27(33)28-5)32-24-16-11-14-23(26(24)30(6)20(4)34-32)22-17-29-31(19-22)18-21(12-8-2)13-9-3;1-2/h11,14,16,19-21,25,29H,7-10,12-13,15,17-18H2,1-6H3,(H,28,33);1-2H3. The average Bonchev–Trinajstić information content (AvgIpc) is 3.36. The molecule has 2 unspecified atom stereocenters. The normalized spacial score (nSPS) is 18.0. The van der Waals surface area contributed by atoms with E-state index in [4.69, 9.17) is 4.84 Å². The maximum Gasteiger partial charge on any atom is 0.245 e. The molecule has 2 heterocycles. The molecule has 0 saturated heterocycles. The van der Waals surface area contributed by atoms with E-state index in [1.54, 1.807) is 7.05 Å². The van der Waals surface area contributed by atoms with Gasteiger partial charge in [0, 0.05) is 38.9 Å². The first kappa shape index (κ1) is 30.0. The zero-order valence-corrected chi connectivity index (χ0v) is 24.1. The summed E-state index contributed by atoms with van der Waals surface area (Å²) in [4.78, 5) is 21.3. The van der Waals surface area contributed by atoms with Gasteiger partial charge in [0.25, 0.3) is 0 Å². The number of hydroxylamine groups is 1. The Morgan fingerprint density at radius 1 is 1.14 bits per heavy atom. The summed E-state index contributed by atoms with van der Waals surface area (Å²) in [5.74, 6) is 0.702. The van der Waals surface area contributed by atoms with E-state index in [-0.39, 0.29) is 18.2 Å². The lowest BCUT2D eigenvalue weighted by Gasteiger charge is -2.44. The van der Waals surface area contributed by atoms with Gasteiger partial charge in [0.05, 0.1) is 11.4 Å². The predicted octanol–water partition coefficient (Wildman–Crippen LogP) is 5.93. The van der Waals surface area contributed by atoms with Gasteiger partial charge < -0.3 is 15.2 Å². The number of rotatable bonds is 12.